The summed E-state index contributed by atoms with van der Waals surface area (Å²) in [5.41, 5.74) is 2.88. The number of hydrogen-bond acceptors (Lipinski definition) is 3. The first-order valence-electron chi connectivity index (χ1n) is 8.07. The highest BCUT2D eigenvalue weighted by Crippen LogP contribution is 2.34. The molecule has 6 heteroatoms. The van der Waals surface area contributed by atoms with Gasteiger partial charge in [0.05, 0.1) is 11.4 Å². The predicted molar refractivity (Wildman–Crippen MR) is 106 cm³/mol. The number of fused-ring (bicyclic) bond motifs is 1. The summed E-state index contributed by atoms with van der Waals surface area (Å²) in [6.45, 7) is 0.245. The van der Waals surface area contributed by atoms with Crippen molar-refractivity contribution < 1.29 is 9.59 Å². The predicted octanol–water partition coefficient (Wildman–Crippen LogP) is 5.07. The highest BCUT2D eigenvalue weighted by atomic mass is 35.5. The lowest BCUT2D eigenvalue weighted by atomic mass is 10.1. The maximum atomic E-state index is 12.7. The topological polar surface area (TPSA) is 42.3 Å². The highest BCUT2D eigenvalue weighted by Gasteiger charge is 2.35. The largest absolute Gasteiger partial charge is 0.350 e. The standard InChI is InChI=1S/C20H15ClN2O2S/c1-22-12-14(16-4-2-3-5-17(16)22)10-18-19(24)23(20(25)26-18)11-13-6-8-15(21)9-7-13/h2-10,12H,11H2,1H3/b18-10+. The van der Waals surface area contributed by atoms with E-state index in [0.29, 0.717) is 9.93 Å². The number of carbonyl (C=O) groups is 2. The fourth-order valence-electron chi connectivity index (χ4n) is 3.04. The van der Waals surface area contributed by atoms with E-state index in [0.717, 1.165) is 33.8 Å². The molecular weight excluding hydrogens is 368 g/mol. The number of halogens is 1. The first-order valence-corrected chi connectivity index (χ1v) is 9.26. The zero-order valence-electron chi connectivity index (χ0n) is 14.0. The molecule has 2 aromatic carbocycles. The summed E-state index contributed by atoms with van der Waals surface area (Å²) in [6, 6.07) is 15.1. The van der Waals surface area contributed by atoms with E-state index in [1.54, 1.807) is 18.2 Å². The van der Waals surface area contributed by atoms with Crippen LogP contribution >= 0.6 is 23.4 Å². The van der Waals surface area contributed by atoms with Crippen LogP contribution < -0.4 is 0 Å². The van der Waals surface area contributed by atoms with Gasteiger partial charge >= 0.3 is 0 Å². The number of aromatic nitrogens is 1. The van der Waals surface area contributed by atoms with E-state index in [1.807, 2.05) is 54.2 Å². The van der Waals surface area contributed by atoms with Gasteiger partial charge in [0.15, 0.2) is 0 Å². The van der Waals surface area contributed by atoms with Crippen LogP contribution in [0.15, 0.2) is 59.6 Å². The first-order chi connectivity index (χ1) is 12.5. The molecule has 4 rings (SSSR count). The maximum absolute atomic E-state index is 12.7. The molecule has 1 aliphatic heterocycles. The molecule has 0 saturated carbocycles. The molecule has 2 amide bonds. The Labute approximate surface area is 160 Å². The Morgan fingerprint density at radius 3 is 2.58 bits per heavy atom. The Balaban J connectivity index is 1.64. The van der Waals surface area contributed by atoms with Crippen molar-refractivity contribution >= 4 is 51.5 Å². The van der Waals surface area contributed by atoms with Crippen molar-refractivity contribution in [1.29, 1.82) is 0 Å². The van der Waals surface area contributed by atoms with Crippen molar-refractivity contribution in [1.82, 2.24) is 9.47 Å². The van der Waals surface area contributed by atoms with Crippen LogP contribution in [0.1, 0.15) is 11.1 Å². The molecule has 0 spiro atoms. The van der Waals surface area contributed by atoms with Gasteiger partial charge in [-0.2, -0.15) is 0 Å². The van der Waals surface area contributed by atoms with Crippen LogP contribution in [-0.4, -0.2) is 20.6 Å². The van der Waals surface area contributed by atoms with Crippen LogP contribution in [0.25, 0.3) is 17.0 Å². The van der Waals surface area contributed by atoms with Crippen molar-refractivity contribution in [3.05, 3.63) is 75.8 Å². The number of nitrogens with zero attached hydrogens (tertiary/aromatic N) is 2. The third-order valence-electron chi connectivity index (χ3n) is 4.34. The quantitative estimate of drug-likeness (QED) is 0.594. The van der Waals surface area contributed by atoms with Gasteiger partial charge in [0.1, 0.15) is 0 Å². The third kappa shape index (κ3) is 3.04. The smallest absolute Gasteiger partial charge is 0.293 e. The van der Waals surface area contributed by atoms with Crippen LogP contribution in [0.4, 0.5) is 4.79 Å². The summed E-state index contributed by atoms with van der Waals surface area (Å²) in [5.74, 6) is -0.261. The normalized spacial score (nSPS) is 16.2. The van der Waals surface area contributed by atoms with E-state index in [9.17, 15) is 9.59 Å². The molecule has 0 N–H and O–H groups in total. The molecule has 0 unspecified atom stereocenters. The van der Waals surface area contributed by atoms with Crippen molar-refractivity contribution in [2.24, 2.45) is 7.05 Å². The molecule has 0 aliphatic carbocycles. The van der Waals surface area contributed by atoms with Gasteiger partial charge in [0.2, 0.25) is 0 Å². The van der Waals surface area contributed by atoms with Gasteiger partial charge in [-0.1, -0.05) is 41.9 Å². The minimum absolute atomic E-state index is 0.245. The average Bonchev–Trinajstić information content (AvgIpc) is 3.09. The van der Waals surface area contributed by atoms with Crippen molar-refractivity contribution in [3.8, 4) is 0 Å². The van der Waals surface area contributed by atoms with E-state index in [2.05, 4.69) is 0 Å². The monoisotopic (exact) mass is 382 g/mol. The van der Waals surface area contributed by atoms with Crippen LogP contribution in [0.5, 0.6) is 0 Å². The zero-order chi connectivity index (χ0) is 18.3. The molecule has 1 aromatic heterocycles. The molecule has 1 fully saturated rings. The summed E-state index contributed by atoms with van der Waals surface area (Å²) in [4.78, 5) is 26.8. The summed E-state index contributed by atoms with van der Waals surface area (Å²) in [6.07, 6.45) is 3.77. The fourth-order valence-corrected chi connectivity index (χ4v) is 3.99. The third-order valence-corrected chi connectivity index (χ3v) is 5.50. The van der Waals surface area contributed by atoms with Gasteiger partial charge < -0.3 is 4.57 Å². The molecule has 2 heterocycles. The van der Waals surface area contributed by atoms with Crippen molar-refractivity contribution in [3.63, 3.8) is 0 Å². The van der Waals surface area contributed by atoms with Gasteiger partial charge in [-0.05, 0) is 41.6 Å². The minimum Gasteiger partial charge on any atom is -0.350 e. The van der Waals surface area contributed by atoms with Gasteiger partial charge in [-0.25, -0.2) is 0 Å². The Hall–Kier alpha value is -2.50. The molecule has 1 saturated heterocycles. The SMILES string of the molecule is Cn1cc(/C=C2/SC(=O)N(Cc3ccc(Cl)cc3)C2=O)c2ccccc21. The Bertz CT molecular complexity index is 1050. The van der Waals surface area contributed by atoms with Gasteiger partial charge in [0.25, 0.3) is 11.1 Å². The average molecular weight is 383 g/mol. The number of benzene rings is 2. The molecular formula is C20H15ClN2O2S. The second-order valence-corrected chi connectivity index (χ2v) is 7.54. The number of carbonyl (C=O) groups excluding carboxylic acids is 2. The Kier molecular flexibility index (Phi) is 4.34. The Morgan fingerprint density at radius 2 is 1.81 bits per heavy atom. The molecule has 0 bridgehead atoms. The lowest BCUT2D eigenvalue weighted by molar-refractivity contribution is -0.123. The number of amides is 2. The van der Waals surface area contributed by atoms with E-state index in [1.165, 1.54) is 4.90 Å². The summed E-state index contributed by atoms with van der Waals surface area (Å²) in [5, 5.41) is 1.43. The van der Waals surface area contributed by atoms with Crippen LogP contribution in [-0.2, 0) is 18.4 Å². The van der Waals surface area contributed by atoms with Crippen LogP contribution in [0, 0.1) is 0 Å². The van der Waals surface area contributed by atoms with E-state index in [4.69, 9.17) is 11.6 Å². The maximum Gasteiger partial charge on any atom is 0.293 e. The number of rotatable bonds is 3. The van der Waals surface area contributed by atoms with Crippen LogP contribution in [0.2, 0.25) is 5.02 Å². The molecule has 26 heavy (non-hydrogen) atoms. The molecule has 0 radical (unpaired) electrons. The number of hydrogen-bond donors (Lipinski definition) is 0. The van der Waals surface area contributed by atoms with Crippen molar-refractivity contribution in [2.75, 3.05) is 0 Å². The fraction of sp³-hybridized carbons (Fsp3) is 0.100. The number of thioether (sulfide) groups is 1. The number of imide groups is 1. The molecule has 4 nitrogen and oxygen atoms in total. The first kappa shape index (κ1) is 16.9. The summed E-state index contributed by atoms with van der Waals surface area (Å²) < 4.78 is 2.01. The molecule has 1 aliphatic rings. The number of aryl methyl sites for hydroxylation is 1. The van der Waals surface area contributed by atoms with E-state index in [-0.39, 0.29) is 17.7 Å². The van der Waals surface area contributed by atoms with E-state index >= 15 is 0 Å². The Morgan fingerprint density at radius 1 is 1.08 bits per heavy atom. The molecule has 130 valence electrons. The molecule has 3 aromatic rings. The number of para-hydroxylation sites is 1. The van der Waals surface area contributed by atoms with Gasteiger partial charge in [-0.3, -0.25) is 14.5 Å². The summed E-state index contributed by atoms with van der Waals surface area (Å²) >= 11 is 6.87. The minimum atomic E-state index is -0.261. The molecule has 0 atom stereocenters. The van der Waals surface area contributed by atoms with Gasteiger partial charge in [-0.15, -0.1) is 0 Å². The second-order valence-electron chi connectivity index (χ2n) is 6.11. The van der Waals surface area contributed by atoms with E-state index < -0.39 is 0 Å². The lowest BCUT2D eigenvalue weighted by Gasteiger charge is -2.12. The highest BCUT2D eigenvalue weighted by molar-refractivity contribution is 8.18. The zero-order valence-corrected chi connectivity index (χ0v) is 15.6. The summed E-state index contributed by atoms with van der Waals surface area (Å²) in [7, 11) is 1.96. The second kappa shape index (κ2) is 6.67. The van der Waals surface area contributed by atoms with Gasteiger partial charge in [0, 0.05) is 34.7 Å². The lowest BCUT2D eigenvalue weighted by Crippen LogP contribution is -2.27. The van der Waals surface area contributed by atoms with Crippen molar-refractivity contribution in [2.45, 2.75) is 6.54 Å². The van der Waals surface area contributed by atoms with Crippen LogP contribution in [0.3, 0.4) is 0 Å².